The third kappa shape index (κ3) is 3.55. The van der Waals surface area contributed by atoms with E-state index in [1.54, 1.807) is 0 Å². The second-order valence-electron chi connectivity index (χ2n) is 5.02. The molecule has 0 fully saturated rings. The maximum atomic E-state index is 12.1. The molecule has 6 nitrogen and oxygen atoms in total. The number of aliphatic carboxylic acids is 1. The summed E-state index contributed by atoms with van der Waals surface area (Å²) in [5, 5.41) is 9.01. The lowest BCUT2D eigenvalue weighted by atomic mass is 9.97. The van der Waals surface area contributed by atoms with Crippen LogP contribution in [-0.2, 0) is 21.2 Å². The Morgan fingerprint density at radius 2 is 1.86 bits per heavy atom. The average Bonchev–Trinajstić information content (AvgIpc) is 2.96. The maximum Gasteiger partial charge on any atom is 0.322 e. The number of hydrogen-bond acceptors (Lipinski definition) is 4. The molecule has 2 rings (SSSR count). The lowest BCUT2D eigenvalue weighted by Crippen LogP contribution is -2.42. The summed E-state index contributed by atoms with van der Waals surface area (Å²) in [4.78, 5) is 11.4. The monoisotopic (exact) mass is 323 g/mol. The molecule has 1 heterocycles. The number of benzene rings is 1. The predicted molar refractivity (Wildman–Crippen MR) is 80.1 cm³/mol. The lowest BCUT2D eigenvalue weighted by molar-refractivity contribution is -0.138. The van der Waals surface area contributed by atoms with Gasteiger partial charge >= 0.3 is 5.97 Å². The van der Waals surface area contributed by atoms with Gasteiger partial charge in [-0.25, -0.2) is 8.42 Å². The summed E-state index contributed by atoms with van der Waals surface area (Å²) in [5.74, 6) is -1.24. The van der Waals surface area contributed by atoms with E-state index < -0.39 is 22.0 Å². The second kappa shape index (κ2) is 6.33. The summed E-state index contributed by atoms with van der Waals surface area (Å²) in [7, 11) is -4.00. The highest BCUT2D eigenvalue weighted by molar-refractivity contribution is 7.89. The topological polar surface area (TPSA) is 96.6 Å². The third-order valence-electron chi connectivity index (χ3n) is 3.41. The molecule has 2 aromatic rings. The zero-order valence-corrected chi connectivity index (χ0v) is 13.1. The average molecular weight is 323 g/mol. The highest BCUT2D eigenvalue weighted by Crippen LogP contribution is 2.17. The lowest BCUT2D eigenvalue weighted by Gasteiger charge is -2.16. The summed E-state index contributed by atoms with van der Waals surface area (Å²) in [6, 6.07) is 7.02. The van der Waals surface area contributed by atoms with Crippen molar-refractivity contribution in [3.63, 3.8) is 0 Å². The smallest absolute Gasteiger partial charge is 0.322 e. The highest BCUT2D eigenvalue weighted by atomic mass is 32.2. The fourth-order valence-corrected chi connectivity index (χ4v) is 3.33. The summed E-state index contributed by atoms with van der Waals surface area (Å²) in [6.45, 7) is 3.73. The molecule has 0 aliphatic rings. The Balaban J connectivity index is 2.27. The van der Waals surface area contributed by atoms with Crippen LogP contribution in [0.25, 0.3) is 0 Å². The van der Waals surface area contributed by atoms with Crippen molar-refractivity contribution in [1.29, 1.82) is 0 Å². The summed E-state index contributed by atoms with van der Waals surface area (Å²) >= 11 is 0. The number of aryl methyl sites for hydroxylation is 2. The Hall–Kier alpha value is -2.12. The van der Waals surface area contributed by atoms with E-state index >= 15 is 0 Å². The van der Waals surface area contributed by atoms with Crippen LogP contribution in [0.3, 0.4) is 0 Å². The van der Waals surface area contributed by atoms with E-state index in [0.29, 0.717) is 0 Å². The minimum Gasteiger partial charge on any atom is -0.480 e. The molecule has 0 saturated heterocycles. The number of furan rings is 1. The molecule has 22 heavy (non-hydrogen) atoms. The Kier molecular flexibility index (Phi) is 4.68. The van der Waals surface area contributed by atoms with E-state index in [0.717, 1.165) is 16.7 Å². The van der Waals surface area contributed by atoms with E-state index in [1.165, 1.54) is 18.4 Å². The molecule has 1 aromatic heterocycles. The number of carboxylic acid groups (broad SMARTS) is 1. The van der Waals surface area contributed by atoms with Gasteiger partial charge in [0.2, 0.25) is 5.09 Å². The van der Waals surface area contributed by atoms with Gasteiger partial charge in [0, 0.05) is 0 Å². The van der Waals surface area contributed by atoms with Gasteiger partial charge in [0.15, 0.2) is 0 Å². The maximum absolute atomic E-state index is 12.1. The molecule has 2 N–H and O–H groups in total. The minimum atomic E-state index is -4.00. The molecule has 0 radical (unpaired) electrons. The number of carbonyl (C=O) groups is 1. The molecule has 1 aromatic carbocycles. The molecule has 0 saturated carbocycles. The Bertz CT molecular complexity index is 745. The summed E-state index contributed by atoms with van der Waals surface area (Å²) < 4.78 is 31.2. The predicted octanol–water partition coefficient (Wildman–Crippen LogP) is 1.87. The molecule has 0 aliphatic heterocycles. The fourth-order valence-electron chi connectivity index (χ4n) is 2.22. The van der Waals surface area contributed by atoms with Crippen LogP contribution in [0, 0.1) is 13.8 Å². The largest absolute Gasteiger partial charge is 0.480 e. The molecule has 0 aliphatic carbocycles. The van der Waals surface area contributed by atoms with Gasteiger partial charge in [-0.15, -0.1) is 0 Å². The van der Waals surface area contributed by atoms with E-state index in [4.69, 9.17) is 4.42 Å². The fraction of sp³-hybridized carbons (Fsp3) is 0.267. The zero-order chi connectivity index (χ0) is 16.3. The number of rotatable bonds is 6. The molecule has 0 bridgehead atoms. The van der Waals surface area contributed by atoms with Crippen LogP contribution in [0.2, 0.25) is 0 Å². The normalized spacial score (nSPS) is 13.0. The first-order chi connectivity index (χ1) is 10.3. The SMILES string of the molecule is Cc1cccc(C)c1C[C@H](NS(=O)(=O)c1ccco1)C(=O)O. The number of hydrogen-bond donors (Lipinski definition) is 2. The molecule has 7 heteroatoms. The molecule has 1 atom stereocenters. The highest BCUT2D eigenvalue weighted by Gasteiger charge is 2.28. The standard InChI is InChI=1S/C15H17NO5S/c1-10-5-3-6-11(2)12(10)9-13(15(17)18)16-22(19,20)14-7-4-8-21-14/h3-8,13,16H,9H2,1-2H3,(H,17,18)/t13-/m0/s1. The molecular weight excluding hydrogens is 306 g/mol. The van der Waals surface area contributed by atoms with Crippen molar-refractivity contribution in [2.45, 2.75) is 31.4 Å². The molecule has 0 spiro atoms. The number of carboxylic acids is 1. The molecular formula is C15H17NO5S. The van der Waals surface area contributed by atoms with Gasteiger partial charge in [0.1, 0.15) is 6.04 Å². The van der Waals surface area contributed by atoms with Crippen LogP contribution in [0.5, 0.6) is 0 Å². The first-order valence-corrected chi connectivity index (χ1v) is 8.13. The van der Waals surface area contributed by atoms with Crippen molar-refractivity contribution in [3.8, 4) is 0 Å². The zero-order valence-electron chi connectivity index (χ0n) is 12.2. The first kappa shape index (κ1) is 16.3. The third-order valence-corrected chi connectivity index (χ3v) is 4.76. The van der Waals surface area contributed by atoms with E-state index in [-0.39, 0.29) is 11.5 Å². The molecule has 0 unspecified atom stereocenters. The van der Waals surface area contributed by atoms with Gasteiger partial charge in [0.05, 0.1) is 6.26 Å². The van der Waals surface area contributed by atoms with Crippen molar-refractivity contribution >= 4 is 16.0 Å². The van der Waals surface area contributed by atoms with Crippen molar-refractivity contribution in [3.05, 3.63) is 53.3 Å². The van der Waals surface area contributed by atoms with Gasteiger partial charge in [-0.05, 0) is 49.1 Å². The Morgan fingerprint density at radius 3 is 2.36 bits per heavy atom. The van der Waals surface area contributed by atoms with E-state index in [2.05, 4.69) is 4.72 Å². The number of sulfonamides is 1. The van der Waals surface area contributed by atoms with Gasteiger partial charge < -0.3 is 9.52 Å². The van der Waals surface area contributed by atoms with Crippen LogP contribution in [0.15, 0.2) is 46.1 Å². The van der Waals surface area contributed by atoms with Crippen LogP contribution < -0.4 is 4.72 Å². The van der Waals surface area contributed by atoms with Crippen LogP contribution in [-0.4, -0.2) is 25.5 Å². The minimum absolute atomic E-state index is 0.0633. The first-order valence-electron chi connectivity index (χ1n) is 6.65. The second-order valence-corrected chi connectivity index (χ2v) is 6.66. The van der Waals surface area contributed by atoms with Gasteiger partial charge in [0.25, 0.3) is 10.0 Å². The summed E-state index contributed by atoms with van der Waals surface area (Å²) in [5.41, 5.74) is 2.66. The van der Waals surface area contributed by atoms with E-state index in [1.807, 2.05) is 32.0 Å². The van der Waals surface area contributed by atoms with Crippen molar-refractivity contribution in [2.75, 3.05) is 0 Å². The molecule has 0 amide bonds. The van der Waals surface area contributed by atoms with Crippen LogP contribution >= 0.6 is 0 Å². The van der Waals surface area contributed by atoms with Crippen molar-refractivity contribution < 1.29 is 22.7 Å². The van der Waals surface area contributed by atoms with Crippen molar-refractivity contribution in [2.24, 2.45) is 0 Å². The van der Waals surface area contributed by atoms with Gasteiger partial charge in [-0.3, -0.25) is 4.79 Å². The quantitative estimate of drug-likeness (QED) is 0.846. The number of nitrogens with one attached hydrogen (secondary N) is 1. The van der Waals surface area contributed by atoms with E-state index in [9.17, 15) is 18.3 Å². The van der Waals surface area contributed by atoms with Gasteiger partial charge in [-0.2, -0.15) is 4.72 Å². The molecule has 118 valence electrons. The summed E-state index contributed by atoms with van der Waals surface area (Å²) in [6.07, 6.45) is 1.28. The van der Waals surface area contributed by atoms with Crippen LogP contribution in [0.4, 0.5) is 0 Å². The Morgan fingerprint density at radius 1 is 1.23 bits per heavy atom. The van der Waals surface area contributed by atoms with Crippen LogP contribution in [0.1, 0.15) is 16.7 Å². The Labute approximate surface area is 128 Å². The van der Waals surface area contributed by atoms with Crippen molar-refractivity contribution in [1.82, 2.24) is 4.72 Å². The van der Waals surface area contributed by atoms with Gasteiger partial charge in [-0.1, -0.05) is 18.2 Å².